The molecule has 5 nitrogen and oxygen atoms in total. The number of anilines is 1. The molecule has 1 fully saturated rings. The van der Waals surface area contributed by atoms with Crippen LogP contribution in [0.5, 0.6) is 0 Å². The Labute approximate surface area is 186 Å². The largest absolute Gasteiger partial charge is 0.330 e. The molecule has 3 N–H and O–H groups in total. The van der Waals surface area contributed by atoms with Gasteiger partial charge in [-0.05, 0) is 108 Å². The van der Waals surface area contributed by atoms with Crippen molar-refractivity contribution >= 4 is 23.9 Å². The molecule has 4 rings (SSSR count). The summed E-state index contributed by atoms with van der Waals surface area (Å²) in [5.41, 5.74) is 6.76. The van der Waals surface area contributed by atoms with Gasteiger partial charge in [0.15, 0.2) is 0 Å². The van der Waals surface area contributed by atoms with Gasteiger partial charge >= 0.3 is 6.03 Å². The van der Waals surface area contributed by atoms with Gasteiger partial charge < -0.3 is 5.32 Å². The van der Waals surface area contributed by atoms with Crippen LogP contribution in [0.25, 0.3) is 0 Å². The molecule has 1 aromatic carbocycles. The fraction of sp³-hybridized carbons (Fsp3) is 0.708. The van der Waals surface area contributed by atoms with Gasteiger partial charge in [-0.3, -0.25) is 9.62 Å². The molecule has 0 saturated carbocycles. The fourth-order valence-corrected chi connectivity index (χ4v) is 6.50. The molecular weight excluding hydrogens is 392 g/mol. The van der Waals surface area contributed by atoms with Crippen molar-refractivity contribution in [2.75, 3.05) is 5.32 Å². The molecule has 166 valence electrons. The zero-order valence-corrected chi connectivity index (χ0v) is 19.8. The summed E-state index contributed by atoms with van der Waals surface area (Å²) in [7, 11) is 0. The summed E-state index contributed by atoms with van der Waals surface area (Å²) in [6.07, 6.45) is 10.6. The van der Waals surface area contributed by atoms with Gasteiger partial charge in [0.05, 0.1) is 0 Å². The van der Waals surface area contributed by atoms with Crippen LogP contribution in [-0.4, -0.2) is 35.1 Å². The van der Waals surface area contributed by atoms with Gasteiger partial charge in [-0.15, -0.1) is 0 Å². The van der Waals surface area contributed by atoms with E-state index >= 15 is 0 Å². The minimum Gasteiger partial charge on any atom is -0.307 e. The number of nitrogens with one attached hydrogen (secondary N) is 3. The number of fused-ring (bicyclic) bond motifs is 2. The summed E-state index contributed by atoms with van der Waals surface area (Å²) in [6, 6.07) is 4.52. The Morgan fingerprint density at radius 2 is 1.77 bits per heavy atom. The van der Waals surface area contributed by atoms with Crippen molar-refractivity contribution in [1.82, 2.24) is 14.3 Å². The number of amides is 2. The first-order chi connectivity index (χ1) is 14.4. The Bertz CT molecular complexity index is 749. The summed E-state index contributed by atoms with van der Waals surface area (Å²) >= 11 is 1.32. The molecule has 1 aliphatic heterocycles. The van der Waals surface area contributed by atoms with Gasteiger partial charge in [0, 0.05) is 42.0 Å². The molecule has 6 heteroatoms. The third-order valence-electron chi connectivity index (χ3n) is 7.19. The smallest absolute Gasteiger partial charge is 0.307 e. The van der Waals surface area contributed by atoms with Crippen molar-refractivity contribution in [3.63, 3.8) is 0 Å². The number of nitrogens with zero attached hydrogens (tertiary/aromatic N) is 1. The summed E-state index contributed by atoms with van der Waals surface area (Å²) in [5, 5.41) is 3.20. The molecule has 0 radical (unpaired) electrons. The van der Waals surface area contributed by atoms with Gasteiger partial charge in [0.1, 0.15) is 0 Å². The highest BCUT2D eigenvalue weighted by molar-refractivity contribution is 7.96. The van der Waals surface area contributed by atoms with Crippen LogP contribution in [0.1, 0.15) is 82.1 Å². The van der Waals surface area contributed by atoms with E-state index in [1.54, 1.807) is 0 Å². The number of hydrogen-bond donors (Lipinski definition) is 3. The number of hydrogen-bond acceptors (Lipinski definition) is 4. The lowest BCUT2D eigenvalue weighted by Crippen LogP contribution is -2.42. The SMILES string of the molecule is CC(CC1CCC(C)N1C(C)C)NSNC(=O)Nc1c2c(cc3c1CCC3)CCC2. The highest BCUT2D eigenvalue weighted by Gasteiger charge is 2.33. The van der Waals surface area contributed by atoms with Crippen LogP contribution in [0.15, 0.2) is 6.07 Å². The first kappa shape index (κ1) is 22.0. The van der Waals surface area contributed by atoms with E-state index in [1.165, 1.54) is 60.1 Å². The van der Waals surface area contributed by atoms with Crippen LogP contribution in [0.2, 0.25) is 0 Å². The minimum atomic E-state index is -0.118. The van der Waals surface area contributed by atoms with Crippen molar-refractivity contribution in [2.24, 2.45) is 0 Å². The van der Waals surface area contributed by atoms with Gasteiger partial charge in [-0.2, -0.15) is 0 Å². The van der Waals surface area contributed by atoms with Crippen LogP contribution in [-0.2, 0) is 25.7 Å². The second kappa shape index (κ2) is 9.49. The van der Waals surface area contributed by atoms with Crippen molar-refractivity contribution in [3.05, 3.63) is 28.3 Å². The highest BCUT2D eigenvalue weighted by atomic mass is 32.2. The molecule has 3 aliphatic rings. The first-order valence-corrected chi connectivity index (χ1v) is 12.7. The summed E-state index contributed by atoms with van der Waals surface area (Å²) in [6.45, 7) is 9.15. The lowest BCUT2D eigenvalue weighted by Gasteiger charge is -2.33. The molecule has 1 saturated heterocycles. The van der Waals surface area contributed by atoms with E-state index in [0.29, 0.717) is 24.2 Å². The minimum absolute atomic E-state index is 0.118. The maximum absolute atomic E-state index is 12.6. The second-order valence-corrected chi connectivity index (χ2v) is 10.4. The quantitative estimate of drug-likeness (QED) is 0.534. The third-order valence-corrected chi connectivity index (χ3v) is 7.99. The number of benzene rings is 1. The number of carbonyl (C=O) groups is 1. The first-order valence-electron chi connectivity index (χ1n) is 11.9. The Morgan fingerprint density at radius 3 is 2.40 bits per heavy atom. The van der Waals surface area contributed by atoms with Crippen LogP contribution < -0.4 is 14.8 Å². The van der Waals surface area contributed by atoms with Crippen molar-refractivity contribution in [2.45, 2.75) is 110 Å². The molecule has 2 aliphatic carbocycles. The lowest BCUT2D eigenvalue weighted by atomic mass is 9.99. The molecule has 2 amide bonds. The molecule has 0 bridgehead atoms. The fourth-order valence-electron chi connectivity index (χ4n) is 6.00. The zero-order valence-electron chi connectivity index (χ0n) is 19.0. The average Bonchev–Trinajstić information content (AvgIpc) is 3.41. The number of carbonyl (C=O) groups excluding carboxylic acids is 1. The Balaban J connectivity index is 1.27. The molecule has 3 atom stereocenters. The Morgan fingerprint density at radius 1 is 1.10 bits per heavy atom. The summed E-state index contributed by atoms with van der Waals surface area (Å²) in [5.74, 6) is 0. The topological polar surface area (TPSA) is 56.4 Å². The number of rotatable bonds is 7. The van der Waals surface area contributed by atoms with Crippen LogP contribution in [0.3, 0.4) is 0 Å². The van der Waals surface area contributed by atoms with E-state index < -0.39 is 0 Å². The predicted octanol–water partition coefficient (Wildman–Crippen LogP) is 4.98. The molecule has 30 heavy (non-hydrogen) atoms. The van der Waals surface area contributed by atoms with Crippen LogP contribution in [0.4, 0.5) is 10.5 Å². The maximum Gasteiger partial charge on any atom is 0.330 e. The normalized spacial score (nSPS) is 24.2. The van der Waals surface area contributed by atoms with Gasteiger partial charge in [0.2, 0.25) is 0 Å². The molecule has 3 unspecified atom stereocenters. The van der Waals surface area contributed by atoms with E-state index in [1.807, 2.05) is 0 Å². The third kappa shape index (κ3) is 4.66. The van der Waals surface area contributed by atoms with Gasteiger partial charge in [-0.25, -0.2) is 9.52 Å². The summed E-state index contributed by atoms with van der Waals surface area (Å²) < 4.78 is 6.38. The van der Waals surface area contributed by atoms with Crippen molar-refractivity contribution in [1.29, 1.82) is 0 Å². The highest BCUT2D eigenvalue weighted by Crippen LogP contribution is 2.38. The zero-order chi connectivity index (χ0) is 21.3. The standard InChI is InChI=1S/C24H38N4OS/c1-15(2)28-17(4)11-12-20(28)13-16(3)26-30-27-24(29)25-23-21-9-5-7-18(21)14-19-8-6-10-22(19)23/h14-17,20,26H,5-13H2,1-4H3,(H2,25,27,29). The van der Waals surface area contributed by atoms with Gasteiger partial charge in [-0.1, -0.05) is 6.07 Å². The van der Waals surface area contributed by atoms with Gasteiger partial charge in [0.25, 0.3) is 0 Å². The van der Waals surface area contributed by atoms with E-state index in [9.17, 15) is 4.79 Å². The summed E-state index contributed by atoms with van der Waals surface area (Å²) in [4.78, 5) is 15.3. The average molecular weight is 431 g/mol. The molecular formula is C24H38N4OS. The van der Waals surface area contributed by atoms with E-state index in [4.69, 9.17) is 0 Å². The Kier molecular flexibility index (Phi) is 6.95. The van der Waals surface area contributed by atoms with Crippen molar-refractivity contribution in [3.8, 4) is 0 Å². The molecule has 1 aromatic rings. The Hall–Kier alpha value is -1.24. The maximum atomic E-state index is 12.6. The number of likely N-dealkylation sites (tertiary alicyclic amines) is 1. The van der Waals surface area contributed by atoms with E-state index in [0.717, 1.165) is 37.8 Å². The lowest BCUT2D eigenvalue weighted by molar-refractivity contribution is 0.146. The number of urea groups is 1. The van der Waals surface area contributed by atoms with Crippen LogP contribution in [0, 0.1) is 0 Å². The molecule has 1 heterocycles. The van der Waals surface area contributed by atoms with Crippen LogP contribution >= 0.6 is 12.1 Å². The predicted molar refractivity (Wildman–Crippen MR) is 127 cm³/mol. The van der Waals surface area contributed by atoms with Crippen molar-refractivity contribution < 1.29 is 4.79 Å². The van der Waals surface area contributed by atoms with E-state index in [-0.39, 0.29) is 6.03 Å². The molecule has 0 spiro atoms. The monoisotopic (exact) mass is 430 g/mol. The molecule has 0 aromatic heterocycles. The van der Waals surface area contributed by atoms with E-state index in [2.05, 4.69) is 53.4 Å². The second-order valence-electron chi connectivity index (χ2n) is 9.77. The number of aryl methyl sites for hydroxylation is 2.